The highest BCUT2D eigenvalue weighted by Gasteiger charge is 2.39. The lowest BCUT2D eigenvalue weighted by molar-refractivity contribution is -0.155. The zero-order valence-electron chi connectivity index (χ0n) is 23.8. The Labute approximate surface area is 266 Å². The summed E-state index contributed by atoms with van der Waals surface area (Å²) >= 11 is 4.56. The fourth-order valence-electron chi connectivity index (χ4n) is 4.56. The molecule has 234 valence electrons. The second-order valence-electron chi connectivity index (χ2n) is 10.0. The minimum atomic E-state index is -4.54. The second-order valence-corrected chi connectivity index (χ2v) is 11.8. The third kappa shape index (κ3) is 7.01. The van der Waals surface area contributed by atoms with Gasteiger partial charge in [-0.25, -0.2) is 19.2 Å². The average Bonchev–Trinajstić information content (AvgIpc) is 3.70. The first-order valence-corrected chi connectivity index (χ1v) is 14.9. The third-order valence-electron chi connectivity index (χ3n) is 6.46. The van der Waals surface area contributed by atoms with E-state index in [4.69, 9.17) is 18.6 Å². The monoisotopic (exact) mass is 710 g/mol. The topological polar surface area (TPSA) is 102 Å². The number of hydrogen-bond donors (Lipinski definition) is 0. The third-order valence-corrected chi connectivity index (χ3v) is 8.63. The fraction of sp³-hybridized carbons (Fsp3) is 0.259. The molecule has 1 aromatic carbocycles. The number of nitrogens with zero attached hydrogens (tertiary/aromatic N) is 4. The van der Waals surface area contributed by atoms with Gasteiger partial charge in [0.05, 0.1) is 32.4 Å². The predicted octanol–water partition coefficient (Wildman–Crippen LogP) is 5.09. The van der Waals surface area contributed by atoms with Gasteiger partial charge in [0.2, 0.25) is 12.0 Å². The zero-order valence-corrected chi connectivity index (χ0v) is 26.2. The summed E-state index contributed by atoms with van der Waals surface area (Å²) in [7, 11) is 3.02. The quantitative estimate of drug-likeness (QED) is 0.106. The van der Waals surface area contributed by atoms with Crippen molar-refractivity contribution in [3.05, 3.63) is 76.7 Å². The number of halogens is 6. The lowest BCUT2D eigenvalue weighted by Gasteiger charge is -2.30. The molecule has 0 amide bonds. The summed E-state index contributed by atoms with van der Waals surface area (Å²) in [5.41, 5.74) is -0.0480. The van der Waals surface area contributed by atoms with Crippen molar-refractivity contribution in [2.45, 2.75) is 37.3 Å². The normalized spacial score (nSPS) is 13.5. The standard InChI is InChI=1S/C27H22B2BrF5N4O5S/c1-2-41-25(40)21(43-23-18-19(30)22(15-7-8-17(31)42-15)45-24(18)37-12-36-23)20(32)13-5-3-4-6-14(13)44-27(28,29)16-9-10-38-39(16)11-26(33,34)35/h3-10,12,20-21H,2,11,28-29H2,1H3/t20-,21+/m0/s1. The van der Waals surface area contributed by atoms with Crippen LogP contribution in [0.4, 0.5) is 22.0 Å². The number of para-hydroxylation sites is 1. The van der Waals surface area contributed by atoms with Crippen molar-refractivity contribution in [2.75, 3.05) is 6.61 Å². The van der Waals surface area contributed by atoms with Gasteiger partial charge in [-0.15, -0.1) is 11.3 Å². The molecule has 0 aliphatic rings. The van der Waals surface area contributed by atoms with Crippen molar-refractivity contribution in [3.63, 3.8) is 0 Å². The van der Waals surface area contributed by atoms with Crippen LogP contribution in [0.2, 0.25) is 0 Å². The molecule has 0 aliphatic heterocycles. The van der Waals surface area contributed by atoms with Crippen LogP contribution in [0, 0.1) is 6.01 Å². The summed E-state index contributed by atoms with van der Waals surface area (Å²) in [6.07, 6.45) is -6.27. The van der Waals surface area contributed by atoms with Gasteiger partial charge in [0, 0.05) is 17.8 Å². The van der Waals surface area contributed by atoms with Gasteiger partial charge in [0.1, 0.15) is 29.2 Å². The molecule has 4 heterocycles. The van der Waals surface area contributed by atoms with Crippen molar-refractivity contribution in [2.24, 2.45) is 0 Å². The van der Waals surface area contributed by atoms with E-state index in [2.05, 4.69) is 31.0 Å². The van der Waals surface area contributed by atoms with Crippen LogP contribution >= 0.6 is 27.3 Å². The highest BCUT2D eigenvalue weighted by Crippen LogP contribution is 2.45. The summed E-state index contributed by atoms with van der Waals surface area (Å²) < 4.78 is 92.9. The van der Waals surface area contributed by atoms with E-state index in [1.54, 1.807) is 13.0 Å². The van der Waals surface area contributed by atoms with E-state index >= 15 is 4.39 Å². The number of alkyl halides is 4. The van der Waals surface area contributed by atoms with E-state index in [0.717, 1.165) is 28.4 Å². The van der Waals surface area contributed by atoms with Gasteiger partial charge in [-0.2, -0.15) is 22.7 Å². The molecule has 0 saturated heterocycles. The first-order valence-electron chi connectivity index (χ1n) is 13.3. The Morgan fingerprint density at radius 3 is 2.60 bits per heavy atom. The SMILES string of the molecule is BC(B)(Oc1ccccc1[C@H](F)[C@@H](Oc1ncnc2sc(-c3ccc(F)o3)c(Br)c12)C(=O)OCC)c1ccnn1CC(F)(F)F. The zero-order chi connectivity index (χ0) is 32.5. The molecule has 5 rings (SSSR count). The minimum Gasteiger partial charge on any atom is -0.499 e. The maximum absolute atomic E-state index is 16.5. The fourth-order valence-corrected chi connectivity index (χ4v) is 6.48. The molecule has 0 N–H and O–H groups in total. The van der Waals surface area contributed by atoms with E-state index in [1.807, 2.05) is 0 Å². The first kappa shape index (κ1) is 32.5. The van der Waals surface area contributed by atoms with Crippen LogP contribution in [0.15, 0.2) is 63.9 Å². The van der Waals surface area contributed by atoms with Gasteiger partial charge in [0.25, 0.3) is 6.01 Å². The number of benzene rings is 1. The molecule has 0 fully saturated rings. The molecule has 5 aromatic rings. The molecular formula is C27H22B2BrF5N4O5S. The van der Waals surface area contributed by atoms with Gasteiger partial charge in [-0.1, -0.05) is 18.2 Å². The number of fused-ring (bicyclic) bond motifs is 1. The Morgan fingerprint density at radius 2 is 1.91 bits per heavy atom. The molecule has 0 aliphatic carbocycles. The van der Waals surface area contributed by atoms with Crippen LogP contribution in [0.25, 0.3) is 20.9 Å². The maximum Gasteiger partial charge on any atom is 0.408 e. The molecule has 9 nitrogen and oxygen atoms in total. The lowest BCUT2D eigenvalue weighted by Crippen LogP contribution is -2.39. The Hall–Kier alpha value is -3.92. The molecule has 0 radical (unpaired) electrons. The Bertz CT molecular complexity index is 1830. The Kier molecular flexibility index (Phi) is 9.26. The molecule has 2 atom stereocenters. The van der Waals surface area contributed by atoms with Crippen molar-refractivity contribution >= 4 is 59.1 Å². The average molecular weight is 711 g/mol. The van der Waals surface area contributed by atoms with Gasteiger partial charge >= 0.3 is 12.1 Å². The number of carbonyl (C=O) groups is 1. The molecular weight excluding hydrogens is 689 g/mol. The van der Waals surface area contributed by atoms with Crippen molar-refractivity contribution in [3.8, 4) is 22.3 Å². The number of furan rings is 1. The summed E-state index contributed by atoms with van der Waals surface area (Å²) in [6, 6.07) is 8.97. The Morgan fingerprint density at radius 1 is 1.16 bits per heavy atom. The van der Waals surface area contributed by atoms with E-state index in [9.17, 15) is 22.4 Å². The molecule has 0 spiro atoms. The largest absolute Gasteiger partial charge is 0.499 e. The lowest BCUT2D eigenvalue weighted by atomic mass is 9.63. The molecule has 0 unspecified atom stereocenters. The summed E-state index contributed by atoms with van der Waals surface area (Å²) in [5.74, 6) is -1.08. The number of aromatic nitrogens is 4. The van der Waals surface area contributed by atoms with E-state index in [-0.39, 0.29) is 40.6 Å². The van der Waals surface area contributed by atoms with Crippen LogP contribution in [0.1, 0.15) is 24.4 Å². The number of thiophene rings is 1. The van der Waals surface area contributed by atoms with Crippen LogP contribution in [0.5, 0.6) is 11.6 Å². The maximum atomic E-state index is 16.5. The number of ether oxygens (including phenoxy) is 3. The van der Waals surface area contributed by atoms with Gasteiger partial charge < -0.3 is 18.6 Å². The molecule has 18 heteroatoms. The molecule has 4 aromatic heterocycles. The molecule has 0 bridgehead atoms. The predicted molar refractivity (Wildman–Crippen MR) is 162 cm³/mol. The number of esters is 1. The van der Waals surface area contributed by atoms with Crippen LogP contribution in [-0.4, -0.2) is 60.3 Å². The van der Waals surface area contributed by atoms with E-state index in [1.165, 1.54) is 52.2 Å². The minimum absolute atomic E-state index is 0.0562. The van der Waals surface area contributed by atoms with Crippen LogP contribution in [0.3, 0.4) is 0 Å². The second kappa shape index (κ2) is 12.8. The highest BCUT2D eigenvalue weighted by atomic mass is 79.9. The van der Waals surface area contributed by atoms with Gasteiger partial charge in [-0.3, -0.25) is 4.68 Å². The van der Waals surface area contributed by atoms with Crippen molar-refractivity contribution < 1.29 is 45.4 Å². The van der Waals surface area contributed by atoms with E-state index in [0.29, 0.717) is 14.2 Å². The van der Waals surface area contributed by atoms with Gasteiger partial charge in [-0.05, 0) is 41.1 Å². The number of carbonyl (C=O) groups excluding carboxylic acids is 1. The smallest absolute Gasteiger partial charge is 0.408 e. The van der Waals surface area contributed by atoms with Crippen molar-refractivity contribution in [1.29, 1.82) is 0 Å². The number of hydrogen-bond acceptors (Lipinski definition) is 9. The number of rotatable bonds is 11. The van der Waals surface area contributed by atoms with Crippen LogP contribution < -0.4 is 9.47 Å². The van der Waals surface area contributed by atoms with Gasteiger partial charge in [0.15, 0.2) is 21.9 Å². The summed E-state index contributed by atoms with van der Waals surface area (Å²) in [5, 5.41) is 2.62. The summed E-state index contributed by atoms with van der Waals surface area (Å²) in [4.78, 5) is 22.3. The first-order chi connectivity index (χ1) is 21.3. The molecule has 0 saturated carbocycles. The van der Waals surface area contributed by atoms with Crippen LogP contribution in [-0.2, 0) is 21.5 Å². The Balaban J connectivity index is 1.50. The van der Waals surface area contributed by atoms with Crippen molar-refractivity contribution in [1.82, 2.24) is 19.7 Å². The molecule has 45 heavy (non-hydrogen) atoms. The highest BCUT2D eigenvalue weighted by molar-refractivity contribution is 9.10. The summed E-state index contributed by atoms with van der Waals surface area (Å²) in [6.45, 7) is 0.102. The van der Waals surface area contributed by atoms with E-state index < -0.39 is 42.4 Å².